The molecular weight excluding hydrogens is 1560 g/mol. The molecule has 0 radical (unpaired) electrons. The van der Waals surface area contributed by atoms with Crippen molar-refractivity contribution < 1.29 is 0 Å². The van der Waals surface area contributed by atoms with Gasteiger partial charge < -0.3 is 28.1 Å². The maximum absolute atomic E-state index is 12.0. The normalized spacial score (nSPS) is 13.3. The summed E-state index contributed by atoms with van der Waals surface area (Å²) in [5.41, 5.74) is 36.7. The van der Waals surface area contributed by atoms with Crippen molar-refractivity contribution in [1.29, 1.82) is 5.26 Å². The zero-order chi connectivity index (χ0) is 89.2. The van der Waals surface area contributed by atoms with Crippen molar-refractivity contribution in [3.05, 3.63) is 367 Å². The number of aromatic nitrogens is 4. The van der Waals surface area contributed by atoms with Gasteiger partial charge in [0.05, 0.1) is 61.1 Å². The molecule has 0 fully saturated rings. The number of nitrogens with zero attached hydrogens (tertiary/aromatic N) is 7. The van der Waals surface area contributed by atoms with E-state index >= 15 is 0 Å². The van der Waals surface area contributed by atoms with Crippen molar-refractivity contribution >= 4 is 144 Å². The minimum Gasteiger partial charge on any atom is -0.311 e. The van der Waals surface area contributed by atoms with Gasteiger partial charge in [-0.05, 0) is 273 Å². The van der Waals surface area contributed by atoms with Crippen molar-refractivity contribution in [2.75, 3.05) is 9.80 Å². The molecule has 0 spiro atoms. The number of hydrogen-bond acceptors (Lipinski definition) is 3. The molecule has 0 amide bonds. The summed E-state index contributed by atoms with van der Waals surface area (Å²) >= 11 is 0. The summed E-state index contributed by atoms with van der Waals surface area (Å²) in [6.07, 6.45) is 0. The predicted octanol–water partition coefficient (Wildman–Crippen LogP) is 30.8. The van der Waals surface area contributed by atoms with E-state index in [2.05, 4.69) is 486 Å². The number of para-hydroxylation sites is 1. The Balaban J connectivity index is 0.910. The second-order valence-corrected chi connectivity index (χ2v) is 42.6. The number of benzene rings is 16. The monoisotopic (exact) mass is 1670 g/mol. The molecule has 8 heteroatoms. The lowest BCUT2D eigenvalue weighted by molar-refractivity contribution is 0.590. The molecule has 0 saturated heterocycles. The molecule has 4 aromatic heterocycles. The fourth-order valence-electron chi connectivity index (χ4n) is 20.9. The number of fused-ring (bicyclic) bond motifs is 16. The second-order valence-electron chi connectivity index (χ2n) is 42.6. The maximum atomic E-state index is 12.0. The van der Waals surface area contributed by atoms with Crippen molar-refractivity contribution in [3.63, 3.8) is 0 Å². The SMILES string of the molecule is CC(C)(C)c1ccc2c(c1)c1cc(C(C)(C)C)ccc1n2-c1ccc2c(c1)N(c1cc(-c3ccccc3)cc(-c3ccccc3)c1)c1cc(-n3c4ccc(C(C)(C)C)cc4c4cc(C(C)(C)C)ccc43)cc3c1B2c1ccc(-n2c4ccc(C(C)(C)C)cc4c4cc(C(C)(C)C)ccc42)cc1N3c1ccc(C#N)c(-n2c3ccccc3c3ccc(-c4ccccc4)cc32)c1. The Morgan fingerprint density at radius 1 is 0.209 bits per heavy atom. The van der Waals surface area contributed by atoms with E-state index < -0.39 is 0 Å². The molecule has 20 aromatic rings. The first-order chi connectivity index (χ1) is 61.7. The topological polar surface area (TPSA) is 50.0 Å². The Labute approximate surface area is 758 Å². The molecule has 0 atom stereocenters. The van der Waals surface area contributed by atoms with Gasteiger partial charge in [-0.25, -0.2) is 0 Å². The molecule has 0 aliphatic carbocycles. The largest absolute Gasteiger partial charge is 0.311 e. The van der Waals surface area contributed by atoms with E-state index in [-0.39, 0.29) is 39.2 Å². The molecule has 129 heavy (non-hydrogen) atoms. The van der Waals surface area contributed by atoms with Crippen LogP contribution in [-0.2, 0) is 32.5 Å². The third-order valence-corrected chi connectivity index (χ3v) is 28.1. The van der Waals surface area contributed by atoms with Crippen LogP contribution in [0.4, 0.5) is 34.1 Å². The lowest BCUT2D eigenvalue weighted by Crippen LogP contribution is -2.61. The van der Waals surface area contributed by atoms with Crippen LogP contribution in [0.5, 0.6) is 0 Å². The first-order valence-corrected chi connectivity index (χ1v) is 45.9. The molecule has 0 N–H and O–H groups in total. The molecule has 0 unspecified atom stereocenters. The highest BCUT2D eigenvalue weighted by Gasteiger charge is 2.46. The summed E-state index contributed by atoms with van der Waals surface area (Å²) in [6, 6.07) is 128. The van der Waals surface area contributed by atoms with Crippen LogP contribution in [0.3, 0.4) is 0 Å². The lowest BCUT2D eigenvalue weighted by atomic mass is 9.33. The first-order valence-electron chi connectivity index (χ1n) is 45.9. The zero-order valence-corrected chi connectivity index (χ0v) is 77.4. The molecule has 2 aliphatic heterocycles. The summed E-state index contributed by atoms with van der Waals surface area (Å²) in [6.45, 7) is 41.6. The standard InChI is InChI=1S/C121H108BN7/c1-116(2,3)81-40-52-103-94(62-81)95-63-82(117(4,5)6)41-53-104(95)124(103)88-47-50-100-111(69-88)126(87-46-38-78(73-123)109(68-87)129-102-37-29-28-36-92(102)93-49-39-77(61-110(93)129)74-30-22-19-23-31-74)113-71-91(127-107-56-44-85(120(13,14)15)66-98(107)99-67-86(121(16,17)18)45-57-108(99)127)72-114-115(113)122(100)101-51-48-89(125-105-54-42-83(118(7,8)9)64-96(105)97-65-84(119(10,11)12)43-55-106(97)125)70-112(101)128(114)90-59-79(75-32-24-20-25-33-75)58-80(60-90)76-34-26-21-27-35-76/h19-72H,1-18H3. The van der Waals surface area contributed by atoms with Crippen LogP contribution in [0.15, 0.2) is 328 Å². The van der Waals surface area contributed by atoms with Gasteiger partial charge in [-0.15, -0.1) is 0 Å². The molecule has 22 rings (SSSR count). The summed E-state index contributed by atoms with van der Waals surface area (Å²) in [4.78, 5) is 5.25. The molecule has 2 aliphatic rings. The Hall–Kier alpha value is -14.1. The Bertz CT molecular complexity index is 7840. The van der Waals surface area contributed by atoms with Crippen LogP contribution < -0.4 is 26.2 Å². The van der Waals surface area contributed by atoms with Gasteiger partial charge in [0, 0.05) is 88.6 Å². The van der Waals surface area contributed by atoms with E-state index in [4.69, 9.17) is 0 Å². The Morgan fingerprint density at radius 3 is 0.907 bits per heavy atom. The molecular formula is C121H108BN7. The fourth-order valence-corrected chi connectivity index (χ4v) is 20.9. The van der Waals surface area contributed by atoms with Gasteiger partial charge >= 0.3 is 0 Å². The van der Waals surface area contributed by atoms with Crippen molar-refractivity contribution in [2.45, 2.75) is 157 Å². The molecule has 6 heterocycles. The van der Waals surface area contributed by atoms with Gasteiger partial charge in [0.25, 0.3) is 6.71 Å². The number of anilines is 6. The van der Waals surface area contributed by atoms with Crippen LogP contribution in [0.1, 0.15) is 164 Å². The maximum Gasteiger partial charge on any atom is 0.252 e. The minimum absolute atomic E-state index is 0.0944. The molecule has 630 valence electrons. The third-order valence-electron chi connectivity index (χ3n) is 28.1. The Kier molecular flexibility index (Phi) is 18.1. The van der Waals surface area contributed by atoms with Gasteiger partial charge in [0.1, 0.15) is 6.07 Å². The van der Waals surface area contributed by atoms with E-state index in [1.807, 2.05) is 0 Å². The van der Waals surface area contributed by atoms with E-state index in [1.54, 1.807) is 0 Å². The third kappa shape index (κ3) is 13.2. The first kappa shape index (κ1) is 80.7. The highest BCUT2D eigenvalue weighted by molar-refractivity contribution is 7.00. The highest BCUT2D eigenvalue weighted by atomic mass is 15.2. The average Bonchev–Trinajstić information content (AvgIpc) is 1.55. The summed E-state index contributed by atoms with van der Waals surface area (Å²) in [7, 11) is 0. The van der Waals surface area contributed by atoms with E-state index in [1.165, 1.54) is 71.2 Å². The number of rotatable bonds is 9. The van der Waals surface area contributed by atoms with Gasteiger partial charge in [-0.3, -0.25) is 0 Å². The van der Waals surface area contributed by atoms with Crippen molar-refractivity contribution in [2.24, 2.45) is 0 Å². The minimum atomic E-state index is -0.354. The average molecular weight is 1670 g/mol. The molecule has 0 bridgehead atoms. The lowest BCUT2D eigenvalue weighted by Gasteiger charge is -2.45. The summed E-state index contributed by atoms with van der Waals surface area (Å²) < 4.78 is 10.0. The molecule has 0 saturated carbocycles. The summed E-state index contributed by atoms with van der Waals surface area (Å²) in [5, 5.41) is 21.5. The number of nitriles is 1. The quantitative estimate of drug-likeness (QED) is 0.135. The predicted molar refractivity (Wildman–Crippen MR) is 551 cm³/mol. The fraction of sp³-hybridized carbons (Fsp3) is 0.198. The highest BCUT2D eigenvalue weighted by Crippen LogP contribution is 2.52. The van der Waals surface area contributed by atoms with E-state index in [9.17, 15) is 5.26 Å². The summed E-state index contributed by atoms with van der Waals surface area (Å²) in [5.74, 6) is 0. The molecule has 16 aromatic carbocycles. The van der Waals surface area contributed by atoms with Crippen molar-refractivity contribution in [3.8, 4) is 62.2 Å². The molecule has 7 nitrogen and oxygen atoms in total. The zero-order valence-electron chi connectivity index (χ0n) is 77.4. The Morgan fingerprint density at radius 2 is 0.527 bits per heavy atom. The second kappa shape index (κ2) is 28.9. The smallest absolute Gasteiger partial charge is 0.252 e. The van der Waals surface area contributed by atoms with Gasteiger partial charge in [0.2, 0.25) is 0 Å². The van der Waals surface area contributed by atoms with Crippen LogP contribution >= 0.6 is 0 Å². The van der Waals surface area contributed by atoms with Crippen LogP contribution in [0, 0.1) is 11.3 Å². The van der Waals surface area contributed by atoms with Crippen LogP contribution in [-0.4, -0.2) is 25.0 Å². The van der Waals surface area contributed by atoms with E-state index in [0.717, 1.165) is 156 Å². The van der Waals surface area contributed by atoms with Crippen LogP contribution in [0.2, 0.25) is 0 Å². The van der Waals surface area contributed by atoms with Gasteiger partial charge in [-0.2, -0.15) is 5.26 Å². The van der Waals surface area contributed by atoms with Gasteiger partial charge in [-0.1, -0.05) is 294 Å². The van der Waals surface area contributed by atoms with E-state index in [0.29, 0.717) is 5.56 Å². The number of hydrogen-bond donors (Lipinski definition) is 0. The van der Waals surface area contributed by atoms with Gasteiger partial charge in [0.15, 0.2) is 0 Å². The van der Waals surface area contributed by atoms with Crippen molar-refractivity contribution in [1.82, 2.24) is 18.3 Å². The van der Waals surface area contributed by atoms with Crippen LogP contribution in [0.25, 0.3) is 143 Å².